The van der Waals surface area contributed by atoms with Crippen LogP contribution in [0.1, 0.15) is 23.1 Å². The van der Waals surface area contributed by atoms with Crippen molar-refractivity contribution in [3.8, 4) is 0 Å². The molecule has 1 aromatic rings. The number of aryl methyl sites for hydroxylation is 1. The summed E-state index contributed by atoms with van der Waals surface area (Å²) in [5, 5.41) is 0. The summed E-state index contributed by atoms with van der Waals surface area (Å²) >= 11 is 3.38. The van der Waals surface area contributed by atoms with Gasteiger partial charge in [-0.05, 0) is 41.9 Å². The molecular formula is C12H15BrN2O2. The number of rotatable bonds is 1. The van der Waals surface area contributed by atoms with Crippen molar-refractivity contribution in [1.29, 1.82) is 0 Å². The Morgan fingerprint density at radius 2 is 2.35 bits per heavy atom. The number of aromatic nitrogens is 1. The SMILES string of the molecule is Cc1nc(C(=O)N2CCO[C@@H](C)C2)ccc1Br. The van der Waals surface area contributed by atoms with Gasteiger partial charge in [0.05, 0.1) is 18.4 Å². The lowest BCUT2D eigenvalue weighted by Gasteiger charge is -2.30. The quantitative estimate of drug-likeness (QED) is 0.796. The van der Waals surface area contributed by atoms with E-state index < -0.39 is 0 Å². The summed E-state index contributed by atoms with van der Waals surface area (Å²) in [4.78, 5) is 18.3. The van der Waals surface area contributed by atoms with E-state index in [9.17, 15) is 4.79 Å². The minimum absolute atomic E-state index is 0.0178. The third-order valence-corrected chi connectivity index (χ3v) is 3.61. The van der Waals surface area contributed by atoms with Crippen molar-refractivity contribution >= 4 is 21.8 Å². The van der Waals surface area contributed by atoms with Crippen molar-refractivity contribution in [1.82, 2.24) is 9.88 Å². The van der Waals surface area contributed by atoms with E-state index in [4.69, 9.17) is 4.74 Å². The van der Waals surface area contributed by atoms with Crippen LogP contribution < -0.4 is 0 Å². The highest BCUT2D eigenvalue weighted by Crippen LogP contribution is 2.15. The number of carbonyl (C=O) groups is 1. The summed E-state index contributed by atoms with van der Waals surface area (Å²) in [6.45, 7) is 5.72. The molecule has 5 heteroatoms. The second kappa shape index (κ2) is 5.14. The van der Waals surface area contributed by atoms with Gasteiger partial charge in [-0.3, -0.25) is 4.79 Å². The number of nitrogens with zero attached hydrogens (tertiary/aromatic N) is 2. The number of hydrogen-bond acceptors (Lipinski definition) is 3. The average molecular weight is 299 g/mol. The fraction of sp³-hybridized carbons (Fsp3) is 0.500. The zero-order valence-corrected chi connectivity index (χ0v) is 11.5. The molecular weight excluding hydrogens is 284 g/mol. The predicted molar refractivity (Wildman–Crippen MR) is 68.0 cm³/mol. The van der Waals surface area contributed by atoms with Crippen LogP contribution in [-0.4, -0.2) is 41.6 Å². The molecule has 0 radical (unpaired) electrons. The molecule has 1 fully saturated rings. The van der Waals surface area contributed by atoms with Crippen molar-refractivity contribution in [3.63, 3.8) is 0 Å². The van der Waals surface area contributed by atoms with Gasteiger partial charge >= 0.3 is 0 Å². The maximum Gasteiger partial charge on any atom is 0.272 e. The Hall–Kier alpha value is -0.940. The molecule has 1 saturated heterocycles. The molecule has 1 atom stereocenters. The molecule has 0 saturated carbocycles. The summed E-state index contributed by atoms with van der Waals surface area (Å²) in [6, 6.07) is 3.61. The maximum atomic E-state index is 12.2. The number of carbonyl (C=O) groups excluding carboxylic acids is 1. The van der Waals surface area contributed by atoms with Crippen molar-refractivity contribution in [2.24, 2.45) is 0 Å². The standard InChI is InChI=1S/C12H15BrN2O2/c1-8-7-15(5-6-17-8)12(16)11-4-3-10(13)9(2)14-11/h3-4,8H,5-7H2,1-2H3/t8-/m0/s1. The predicted octanol–water partition coefficient (Wildman–Crippen LogP) is 2.01. The van der Waals surface area contributed by atoms with Crippen LogP contribution in [0, 0.1) is 6.92 Å². The number of morpholine rings is 1. The smallest absolute Gasteiger partial charge is 0.272 e. The fourth-order valence-corrected chi connectivity index (χ4v) is 2.05. The molecule has 4 nitrogen and oxygen atoms in total. The van der Waals surface area contributed by atoms with E-state index in [1.807, 2.05) is 19.9 Å². The lowest BCUT2D eigenvalue weighted by Crippen LogP contribution is -2.44. The Morgan fingerprint density at radius 3 is 3.00 bits per heavy atom. The Labute approximate surface area is 109 Å². The van der Waals surface area contributed by atoms with E-state index in [-0.39, 0.29) is 12.0 Å². The van der Waals surface area contributed by atoms with Crippen LogP contribution in [0.25, 0.3) is 0 Å². The number of ether oxygens (including phenoxy) is 1. The molecule has 2 rings (SSSR count). The largest absolute Gasteiger partial charge is 0.375 e. The third kappa shape index (κ3) is 2.84. The molecule has 92 valence electrons. The minimum atomic E-state index is -0.0178. The van der Waals surface area contributed by atoms with Crippen LogP contribution >= 0.6 is 15.9 Å². The van der Waals surface area contributed by atoms with Gasteiger partial charge < -0.3 is 9.64 Å². The zero-order chi connectivity index (χ0) is 12.4. The van der Waals surface area contributed by atoms with E-state index in [0.29, 0.717) is 25.4 Å². The molecule has 1 amide bonds. The Bertz CT molecular complexity index is 437. The summed E-state index contributed by atoms with van der Waals surface area (Å²) in [5.41, 5.74) is 1.33. The lowest BCUT2D eigenvalue weighted by atomic mass is 10.2. The Kier molecular flexibility index (Phi) is 3.79. The molecule has 1 aliphatic heterocycles. The van der Waals surface area contributed by atoms with Crippen LogP contribution in [0.5, 0.6) is 0 Å². The normalized spacial score (nSPS) is 20.4. The molecule has 0 bridgehead atoms. The topological polar surface area (TPSA) is 42.4 Å². The average Bonchev–Trinajstić information content (AvgIpc) is 2.32. The molecule has 0 aromatic carbocycles. The van der Waals surface area contributed by atoms with Crippen LogP contribution in [0.4, 0.5) is 0 Å². The first kappa shape index (κ1) is 12.5. The third-order valence-electron chi connectivity index (χ3n) is 2.77. The second-order valence-electron chi connectivity index (χ2n) is 4.20. The molecule has 0 N–H and O–H groups in total. The molecule has 0 aliphatic carbocycles. The minimum Gasteiger partial charge on any atom is -0.375 e. The highest BCUT2D eigenvalue weighted by molar-refractivity contribution is 9.10. The van der Waals surface area contributed by atoms with E-state index in [1.54, 1.807) is 11.0 Å². The summed E-state index contributed by atoms with van der Waals surface area (Å²) in [7, 11) is 0. The van der Waals surface area contributed by atoms with Crippen LogP contribution in [-0.2, 0) is 4.74 Å². The van der Waals surface area contributed by atoms with Crippen molar-refractivity contribution in [2.75, 3.05) is 19.7 Å². The number of halogens is 1. The zero-order valence-electron chi connectivity index (χ0n) is 9.94. The first-order valence-electron chi connectivity index (χ1n) is 5.62. The first-order chi connectivity index (χ1) is 8.08. The summed E-state index contributed by atoms with van der Waals surface area (Å²) < 4.78 is 6.34. The molecule has 1 aliphatic rings. The second-order valence-corrected chi connectivity index (χ2v) is 5.05. The van der Waals surface area contributed by atoms with Crippen molar-refractivity contribution in [2.45, 2.75) is 20.0 Å². The van der Waals surface area contributed by atoms with Gasteiger partial charge in [0.1, 0.15) is 5.69 Å². The van der Waals surface area contributed by atoms with Gasteiger partial charge in [0.15, 0.2) is 0 Å². The molecule has 17 heavy (non-hydrogen) atoms. The van der Waals surface area contributed by atoms with Crippen molar-refractivity contribution in [3.05, 3.63) is 28.0 Å². The van der Waals surface area contributed by atoms with Crippen LogP contribution in [0.2, 0.25) is 0 Å². The van der Waals surface area contributed by atoms with Crippen LogP contribution in [0.3, 0.4) is 0 Å². The van der Waals surface area contributed by atoms with E-state index in [1.165, 1.54) is 0 Å². The Balaban J connectivity index is 2.15. The molecule has 0 spiro atoms. The van der Waals surface area contributed by atoms with Gasteiger partial charge in [0, 0.05) is 17.6 Å². The van der Waals surface area contributed by atoms with Crippen LogP contribution in [0.15, 0.2) is 16.6 Å². The molecule has 2 heterocycles. The van der Waals surface area contributed by atoms with Gasteiger partial charge in [0.2, 0.25) is 0 Å². The molecule has 1 aromatic heterocycles. The van der Waals surface area contributed by atoms with Gasteiger partial charge in [-0.1, -0.05) is 0 Å². The first-order valence-corrected chi connectivity index (χ1v) is 6.41. The van der Waals surface area contributed by atoms with Gasteiger partial charge in [-0.15, -0.1) is 0 Å². The van der Waals surface area contributed by atoms with E-state index in [2.05, 4.69) is 20.9 Å². The summed E-state index contributed by atoms with van der Waals surface area (Å²) in [5.74, 6) is -0.0178. The lowest BCUT2D eigenvalue weighted by molar-refractivity contribution is -0.0126. The van der Waals surface area contributed by atoms with Gasteiger partial charge in [-0.25, -0.2) is 4.98 Å². The summed E-state index contributed by atoms with van der Waals surface area (Å²) in [6.07, 6.45) is 0.101. The fourth-order valence-electron chi connectivity index (χ4n) is 1.83. The van der Waals surface area contributed by atoms with Gasteiger partial charge in [-0.2, -0.15) is 0 Å². The number of hydrogen-bond donors (Lipinski definition) is 0. The highest BCUT2D eigenvalue weighted by atomic mass is 79.9. The van der Waals surface area contributed by atoms with Crippen molar-refractivity contribution < 1.29 is 9.53 Å². The Morgan fingerprint density at radius 1 is 1.59 bits per heavy atom. The number of amides is 1. The maximum absolute atomic E-state index is 12.2. The van der Waals surface area contributed by atoms with Gasteiger partial charge in [0.25, 0.3) is 5.91 Å². The van der Waals surface area contributed by atoms with E-state index in [0.717, 1.165) is 10.2 Å². The van der Waals surface area contributed by atoms with E-state index >= 15 is 0 Å². The number of pyridine rings is 1. The molecule has 0 unspecified atom stereocenters. The monoisotopic (exact) mass is 298 g/mol. The highest BCUT2D eigenvalue weighted by Gasteiger charge is 2.23.